The highest BCUT2D eigenvalue weighted by Gasteiger charge is 2.16. The van der Waals surface area contributed by atoms with Gasteiger partial charge in [-0.2, -0.15) is 0 Å². The van der Waals surface area contributed by atoms with E-state index >= 15 is 0 Å². The zero-order chi connectivity index (χ0) is 13.4. The Morgan fingerprint density at radius 1 is 1.22 bits per heavy atom. The first-order chi connectivity index (χ1) is 8.63. The van der Waals surface area contributed by atoms with Gasteiger partial charge >= 0.3 is 0 Å². The molecule has 0 aliphatic rings. The van der Waals surface area contributed by atoms with Gasteiger partial charge < -0.3 is 4.90 Å². The number of hydrogen-bond acceptors (Lipinski definition) is 2. The van der Waals surface area contributed by atoms with Crippen LogP contribution >= 0.6 is 0 Å². The number of Topliss-reactive ketones (excluding diaryl/α,β-unsaturated/α-hetero) is 1. The Kier molecular flexibility index (Phi) is 6.66. The van der Waals surface area contributed by atoms with Crippen molar-refractivity contribution in [3.05, 3.63) is 35.9 Å². The number of ketones is 1. The van der Waals surface area contributed by atoms with Crippen molar-refractivity contribution in [2.24, 2.45) is 0 Å². The summed E-state index contributed by atoms with van der Waals surface area (Å²) in [5.41, 5.74) is 1.31. The molecule has 1 unspecified atom stereocenters. The topological polar surface area (TPSA) is 20.3 Å². The van der Waals surface area contributed by atoms with Crippen LogP contribution in [0.5, 0.6) is 0 Å². The van der Waals surface area contributed by atoms with Crippen LogP contribution in [0.15, 0.2) is 30.3 Å². The lowest BCUT2D eigenvalue weighted by Crippen LogP contribution is -2.32. The van der Waals surface area contributed by atoms with E-state index in [1.165, 1.54) is 5.56 Å². The molecule has 2 nitrogen and oxygen atoms in total. The van der Waals surface area contributed by atoms with E-state index in [1.807, 2.05) is 6.07 Å². The second-order valence-electron chi connectivity index (χ2n) is 5.15. The van der Waals surface area contributed by atoms with Gasteiger partial charge in [0.25, 0.3) is 0 Å². The Labute approximate surface area is 111 Å². The Hall–Kier alpha value is -1.15. The fourth-order valence-corrected chi connectivity index (χ4v) is 2.06. The first-order valence-corrected chi connectivity index (χ1v) is 6.85. The van der Waals surface area contributed by atoms with E-state index in [0.717, 1.165) is 25.7 Å². The average molecular weight is 247 g/mol. The minimum atomic E-state index is 0.316. The maximum Gasteiger partial charge on any atom is 0.134 e. The Balaban J connectivity index is 2.53. The molecule has 1 aromatic rings. The predicted molar refractivity (Wildman–Crippen MR) is 76.8 cm³/mol. The molecule has 0 aromatic heterocycles. The Morgan fingerprint density at radius 2 is 1.89 bits per heavy atom. The molecule has 0 spiro atoms. The van der Waals surface area contributed by atoms with E-state index in [0.29, 0.717) is 18.2 Å². The van der Waals surface area contributed by atoms with Crippen LogP contribution < -0.4 is 0 Å². The van der Waals surface area contributed by atoms with Gasteiger partial charge in [0, 0.05) is 18.9 Å². The molecule has 0 radical (unpaired) electrons. The molecule has 0 amide bonds. The van der Waals surface area contributed by atoms with Crippen molar-refractivity contribution in [1.29, 1.82) is 0 Å². The number of likely N-dealkylation sites (N-methyl/N-ethyl adjacent to an activating group) is 1. The molecule has 0 saturated heterocycles. The standard InChI is InChI=1S/C16H25NO/c1-4-5-11-16(18)13-15(17(2)3)12-14-9-7-6-8-10-14/h6-10,15H,4-5,11-13H2,1-3H3. The number of unbranched alkanes of at least 4 members (excludes halogenated alkanes) is 1. The van der Waals surface area contributed by atoms with Gasteiger partial charge in [-0.1, -0.05) is 43.7 Å². The summed E-state index contributed by atoms with van der Waals surface area (Å²) in [6.45, 7) is 2.13. The Morgan fingerprint density at radius 3 is 2.44 bits per heavy atom. The smallest absolute Gasteiger partial charge is 0.134 e. The van der Waals surface area contributed by atoms with Crippen molar-refractivity contribution in [2.75, 3.05) is 14.1 Å². The molecule has 1 rings (SSSR count). The summed E-state index contributed by atoms with van der Waals surface area (Å²) >= 11 is 0. The van der Waals surface area contributed by atoms with Crippen molar-refractivity contribution in [1.82, 2.24) is 4.90 Å². The molecular formula is C16H25NO. The van der Waals surface area contributed by atoms with Crippen LogP contribution in [0.4, 0.5) is 0 Å². The lowest BCUT2D eigenvalue weighted by molar-refractivity contribution is -0.120. The molecule has 0 heterocycles. The lowest BCUT2D eigenvalue weighted by atomic mass is 9.98. The SMILES string of the molecule is CCCCC(=O)CC(Cc1ccccc1)N(C)C. The number of nitrogens with zero attached hydrogens (tertiary/aromatic N) is 1. The second kappa shape index (κ2) is 8.04. The largest absolute Gasteiger partial charge is 0.306 e. The summed E-state index contributed by atoms with van der Waals surface area (Å²) in [7, 11) is 4.11. The fraction of sp³-hybridized carbons (Fsp3) is 0.562. The summed E-state index contributed by atoms with van der Waals surface area (Å²) < 4.78 is 0. The molecule has 1 atom stereocenters. The van der Waals surface area contributed by atoms with E-state index in [4.69, 9.17) is 0 Å². The van der Waals surface area contributed by atoms with Crippen LogP contribution in [0.25, 0.3) is 0 Å². The molecule has 0 bridgehead atoms. The molecule has 0 fully saturated rings. The van der Waals surface area contributed by atoms with Gasteiger partial charge in [0.15, 0.2) is 0 Å². The van der Waals surface area contributed by atoms with Crippen molar-refractivity contribution < 1.29 is 4.79 Å². The third kappa shape index (κ3) is 5.46. The lowest BCUT2D eigenvalue weighted by Gasteiger charge is -2.23. The van der Waals surface area contributed by atoms with E-state index < -0.39 is 0 Å². The molecular weight excluding hydrogens is 222 g/mol. The van der Waals surface area contributed by atoms with Gasteiger partial charge in [0.1, 0.15) is 5.78 Å². The maximum absolute atomic E-state index is 11.9. The normalized spacial score (nSPS) is 12.7. The van der Waals surface area contributed by atoms with Crippen LogP contribution in [-0.4, -0.2) is 30.8 Å². The number of carbonyl (C=O) groups is 1. The molecule has 100 valence electrons. The molecule has 0 aliphatic heterocycles. The van der Waals surface area contributed by atoms with Gasteiger partial charge in [-0.3, -0.25) is 4.79 Å². The monoisotopic (exact) mass is 247 g/mol. The zero-order valence-corrected chi connectivity index (χ0v) is 11.9. The minimum absolute atomic E-state index is 0.316. The summed E-state index contributed by atoms with van der Waals surface area (Å²) in [5, 5.41) is 0. The zero-order valence-electron chi connectivity index (χ0n) is 11.9. The number of hydrogen-bond donors (Lipinski definition) is 0. The van der Waals surface area contributed by atoms with Crippen molar-refractivity contribution >= 4 is 5.78 Å². The molecule has 2 heteroatoms. The highest BCUT2D eigenvalue weighted by molar-refractivity contribution is 5.79. The van der Waals surface area contributed by atoms with Gasteiger partial charge in [-0.05, 0) is 32.5 Å². The van der Waals surface area contributed by atoms with E-state index in [1.54, 1.807) is 0 Å². The Bertz CT molecular complexity index is 345. The fourth-order valence-electron chi connectivity index (χ4n) is 2.06. The molecule has 0 saturated carbocycles. The average Bonchev–Trinajstić information content (AvgIpc) is 2.36. The van der Waals surface area contributed by atoms with Crippen LogP contribution in [-0.2, 0) is 11.2 Å². The first-order valence-electron chi connectivity index (χ1n) is 6.85. The summed E-state index contributed by atoms with van der Waals surface area (Å²) in [4.78, 5) is 14.0. The third-order valence-corrected chi connectivity index (χ3v) is 3.32. The molecule has 0 aliphatic carbocycles. The van der Waals surface area contributed by atoms with Gasteiger partial charge in [0.2, 0.25) is 0 Å². The maximum atomic E-state index is 11.9. The van der Waals surface area contributed by atoms with Crippen molar-refractivity contribution in [3.63, 3.8) is 0 Å². The quantitative estimate of drug-likeness (QED) is 0.702. The first kappa shape index (κ1) is 14.9. The summed E-state index contributed by atoms with van der Waals surface area (Å²) in [6.07, 6.45) is 4.46. The van der Waals surface area contributed by atoms with Crippen LogP contribution in [0.1, 0.15) is 38.2 Å². The molecule has 18 heavy (non-hydrogen) atoms. The van der Waals surface area contributed by atoms with Crippen LogP contribution in [0.3, 0.4) is 0 Å². The second-order valence-corrected chi connectivity index (χ2v) is 5.15. The highest BCUT2D eigenvalue weighted by atomic mass is 16.1. The van der Waals surface area contributed by atoms with Crippen molar-refractivity contribution in [2.45, 2.75) is 45.1 Å². The minimum Gasteiger partial charge on any atom is -0.306 e. The van der Waals surface area contributed by atoms with Gasteiger partial charge in [-0.15, -0.1) is 0 Å². The summed E-state index contributed by atoms with van der Waals surface area (Å²) in [5.74, 6) is 0.395. The van der Waals surface area contributed by atoms with Gasteiger partial charge in [0.05, 0.1) is 0 Å². The van der Waals surface area contributed by atoms with Crippen molar-refractivity contribution in [3.8, 4) is 0 Å². The van der Waals surface area contributed by atoms with Gasteiger partial charge in [-0.25, -0.2) is 0 Å². The van der Waals surface area contributed by atoms with E-state index in [-0.39, 0.29) is 0 Å². The number of carbonyl (C=O) groups excluding carboxylic acids is 1. The van der Waals surface area contributed by atoms with Crippen LogP contribution in [0, 0.1) is 0 Å². The highest BCUT2D eigenvalue weighted by Crippen LogP contribution is 2.12. The number of rotatable bonds is 8. The third-order valence-electron chi connectivity index (χ3n) is 3.32. The molecule has 1 aromatic carbocycles. The van der Waals surface area contributed by atoms with Crippen LogP contribution in [0.2, 0.25) is 0 Å². The molecule has 0 N–H and O–H groups in total. The van der Waals surface area contributed by atoms with E-state index in [2.05, 4.69) is 50.2 Å². The summed E-state index contributed by atoms with van der Waals surface area (Å²) in [6, 6.07) is 10.7. The van der Waals surface area contributed by atoms with E-state index in [9.17, 15) is 4.79 Å². The predicted octanol–water partition coefficient (Wildman–Crippen LogP) is 3.31. The number of benzene rings is 1.